The molecule has 0 radical (unpaired) electrons. The molecule has 2 aromatic carbocycles. The van der Waals surface area contributed by atoms with Gasteiger partial charge < -0.3 is 4.74 Å². The summed E-state index contributed by atoms with van der Waals surface area (Å²) < 4.78 is 5.98. The number of unbranched alkanes of at least 4 members (excludes halogenated alkanes) is 4. The second kappa shape index (κ2) is 9.59. The van der Waals surface area contributed by atoms with E-state index < -0.39 is 0 Å². The number of aryl methyl sites for hydroxylation is 1. The highest BCUT2D eigenvalue weighted by Crippen LogP contribution is 2.50. The molecule has 0 bridgehead atoms. The molecule has 1 aliphatic rings. The Balaban J connectivity index is 1.93. The third-order valence-corrected chi connectivity index (χ3v) is 7.02. The average molecular weight is 421 g/mol. The van der Waals surface area contributed by atoms with Crippen LogP contribution in [0.4, 0.5) is 0 Å². The summed E-state index contributed by atoms with van der Waals surface area (Å²) in [5, 5.41) is 0. The first-order chi connectivity index (χ1) is 14.7. The van der Waals surface area contributed by atoms with E-state index in [9.17, 15) is 4.79 Å². The third-order valence-electron chi connectivity index (χ3n) is 7.02. The Morgan fingerprint density at radius 2 is 1.65 bits per heavy atom. The van der Waals surface area contributed by atoms with E-state index in [2.05, 4.69) is 59.7 Å². The molecule has 0 saturated heterocycles. The Hall–Kier alpha value is -2.09. The lowest BCUT2D eigenvalue weighted by Crippen LogP contribution is -2.34. The molecular weight excluding hydrogens is 380 g/mol. The molecule has 2 heteroatoms. The van der Waals surface area contributed by atoms with Crippen LogP contribution in [0.1, 0.15) is 107 Å². The van der Waals surface area contributed by atoms with Crippen LogP contribution in [0.2, 0.25) is 0 Å². The van der Waals surface area contributed by atoms with Gasteiger partial charge in [0.15, 0.2) is 6.29 Å². The Kier molecular flexibility index (Phi) is 7.29. The highest BCUT2D eigenvalue weighted by atomic mass is 16.5. The van der Waals surface area contributed by atoms with Crippen LogP contribution in [0.3, 0.4) is 0 Å². The van der Waals surface area contributed by atoms with Crippen LogP contribution in [-0.4, -0.2) is 12.9 Å². The van der Waals surface area contributed by atoms with Crippen LogP contribution >= 0.6 is 0 Å². The molecule has 1 aliphatic carbocycles. The van der Waals surface area contributed by atoms with Crippen LogP contribution in [0.25, 0.3) is 11.1 Å². The van der Waals surface area contributed by atoms with Crippen molar-refractivity contribution in [3.05, 3.63) is 52.6 Å². The van der Waals surface area contributed by atoms with E-state index in [1.807, 2.05) is 12.1 Å². The van der Waals surface area contributed by atoms with Gasteiger partial charge in [-0.3, -0.25) is 4.79 Å². The summed E-state index contributed by atoms with van der Waals surface area (Å²) in [7, 11) is 0. The molecule has 168 valence electrons. The molecule has 0 spiro atoms. The van der Waals surface area contributed by atoms with Gasteiger partial charge in [-0.25, -0.2) is 0 Å². The Morgan fingerprint density at radius 1 is 0.935 bits per heavy atom. The Morgan fingerprint density at radius 3 is 2.35 bits per heavy atom. The number of rotatable bonds is 9. The lowest BCUT2D eigenvalue weighted by molar-refractivity contribution is 0.111. The van der Waals surface area contributed by atoms with Crippen molar-refractivity contribution >= 4 is 6.29 Å². The van der Waals surface area contributed by atoms with E-state index in [1.54, 1.807) is 0 Å². The van der Waals surface area contributed by atoms with Crippen molar-refractivity contribution in [1.29, 1.82) is 0 Å². The maximum Gasteiger partial charge on any atom is 0.153 e. The molecular formula is C29H40O2. The summed E-state index contributed by atoms with van der Waals surface area (Å²) in [4.78, 5) is 11.9. The summed E-state index contributed by atoms with van der Waals surface area (Å²) in [6, 6.07) is 10.8. The third kappa shape index (κ3) is 5.22. The van der Waals surface area contributed by atoms with Crippen LogP contribution in [-0.2, 0) is 10.8 Å². The zero-order valence-electron chi connectivity index (χ0n) is 20.4. The molecule has 0 fully saturated rings. The molecule has 0 heterocycles. The summed E-state index contributed by atoms with van der Waals surface area (Å²) in [5.74, 6) is 0.704. The molecule has 0 atom stereocenters. The molecule has 2 nitrogen and oxygen atoms in total. The topological polar surface area (TPSA) is 26.3 Å². The van der Waals surface area contributed by atoms with Gasteiger partial charge in [0.05, 0.1) is 12.2 Å². The molecule has 31 heavy (non-hydrogen) atoms. The first kappa shape index (κ1) is 23.6. The number of carbonyl (C=O) groups excluding carboxylic acids is 1. The largest absolute Gasteiger partial charge is 0.493 e. The van der Waals surface area contributed by atoms with E-state index in [1.165, 1.54) is 60.8 Å². The highest BCUT2D eigenvalue weighted by Gasteiger charge is 2.39. The first-order valence-corrected chi connectivity index (χ1v) is 12.1. The summed E-state index contributed by atoms with van der Waals surface area (Å²) >= 11 is 0. The molecule has 0 amide bonds. The van der Waals surface area contributed by atoms with Gasteiger partial charge in [-0.1, -0.05) is 84.1 Å². The number of carbonyl (C=O) groups is 1. The number of aldehydes is 1. The predicted molar refractivity (Wildman–Crippen MR) is 132 cm³/mol. The lowest BCUT2D eigenvalue weighted by Gasteiger charge is -2.43. The minimum absolute atomic E-state index is 0.114. The maximum absolute atomic E-state index is 11.9. The number of hydrogen-bond acceptors (Lipinski definition) is 2. The van der Waals surface area contributed by atoms with Crippen LogP contribution in [0.15, 0.2) is 30.3 Å². The van der Waals surface area contributed by atoms with E-state index >= 15 is 0 Å². The quantitative estimate of drug-likeness (QED) is 0.302. The van der Waals surface area contributed by atoms with Gasteiger partial charge in [-0.15, -0.1) is 0 Å². The standard InChI is InChI=1S/C29H40O2/c1-7-8-9-10-11-16-31-26-13-12-22(19-23(26)20-30)24-17-21(2)18-25-27(24)29(5,6)15-14-28(25,3)4/h12-13,17-20H,7-11,14-16H2,1-6H3. The summed E-state index contributed by atoms with van der Waals surface area (Å²) in [5.41, 5.74) is 7.48. The lowest BCUT2D eigenvalue weighted by atomic mass is 9.61. The SMILES string of the molecule is CCCCCCCOc1ccc(-c2cc(C)cc3c2C(C)(C)CCC3(C)C)cc1C=O. The number of fused-ring (bicyclic) bond motifs is 1. The summed E-state index contributed by atoms with van der Waals surface area (Å²) in [6.07, 6.45) is 9.30. The molecule has 3 rings (SSSR count). The predicted octanol–water partition coefficient (Wildman–Crippen LogP) is 8.17. The van der Waals surface area contributed by atoms with Crippen LogP contribution in [0, 0.1) is 6.92 Å². The van der Waals surface area contributed by atoms with Gasteiger partial charge in [0.1, 0.15) is 5.75 Å². The molecule has 0 saturated carbocycles. The fourth-order valence-electron chi connectivity index (χ4n) is 4.99. The minimum Gasteiger partial charge on any atom is -0.493 e. The van der Waals surface area contributed by atoms with E-state index in [-0.39, 0.29) is 10.8 Å². The number of ether oxygens (including phenoxy) is 1. The normalized spacial score (nSPS) is 16.6. The van der Waals surface area contributed by atoms with Crippen molar-refractivity contribution < 1.29 is 9.53 Å². The fourth-order valence-corrected chi connectivity index (χ4v) is 4.99. The summed E-state index contributed by atoms with van der Waals surface area (Å²) in [6.45, 7) is 14.5. The highest BCUT2D eigenvalue weighted by molar-refractivity contribution is 5.84. The molecule has 0 unspecified atom stereocenters. The van der Waals surface area contributed by atoms with Gasteiger partial charge >= 0.3 is 0 Å². The number of benzene rings is 2. The monoisotopic (exact) mass is 420 g/mol. The van der Waals surface area contributed by atoms with E-state index in [0.29, 0.717) is 17.9 Å². The molecule has 2 aromatic rings. The van der Waals surface area contributed by atoms with Gasteiger partial charge in [0.2, 0.25) is 0 Å². The smallest absolute Gasteiger partial charge is 0.153 e. The van der Waals surface area contributed by atoms with Crippen molar-refractivity contribution in [3.8, 4) is 16.9 Å². The van der Waals surface area contributed by atoms with Gasteiger partial charge in [-0.2, -0.15) is 0 Å². The molecule has 0 aromatic heterocycles. The van der Waals surface area contributed by atoms with Gasteiger partial charge in [-0.05, 0) is 71.4 Å². The van der Waals surface area contributed by atoms with Crippen LogP contribution < -0.4 is 4.74 Å². The second-order valence-electron chi connectivity index (χ2n) is 10.6. The first-order valence-electron chi connectivity index (χ1n) is 12.1. The number of hydrogen-bond donors (Lipinski definition) is 0. The zero-order chi connectivity index (χ0) is 22.6. The van der Waals surface area contributed by atoms with Crippen LogP contribution in [0.5, 0.6) is 5.75 Å². The van der Waals surface area contributed by atoms with Crippen molar-refractivity contribution in [3.63, 3.8) is 0 Å². The average Bonchev–Trinajstić information content (AvgIpc) is 2.73. The zero-order valence-corrected chi connectivity index (χ0v) is 20.4. The Labute approximate surface area is 189 Å². The van der Waals surface area contributed by atoms with Gasteiger partial charge in [0.25, 0.3) is 0 Å². The molecule has 0 aliphatic heterocycles. The maximum atomic E-state index is 11.9. The Bertz CT molecular complexity index is 921. The molecule has 0 N–H and O–H groups in total. The van der Waals surface area contributed by atoms with E-state index in [0.717, 1.165) is 18.3 Å². The second-order valence-corrected chi connectivity index (χ2v) is 10.6. The van der Waals surface area contributed by atoms with Gasteiger partial charge in [0, 0.05) is 0 Å². The van der Waals surface area contributed by atoms with Crippen molar-refractivity contribution in [1.82, 2.24) is 0 Å². The minimum atomic E-state index is 0.114. The van der Waals surface area contributed by atoms with Crippen molar-refractivity contribution in [2.24, 2.45) is 0 Å². The van der Waals surface area contributed by atoms with Crippen molar-refractivity contribution in [2.45, 2.75) is 97.3 Å². The fraction of sp³-hybridized carbons (Fsp3) is 0.552. The van der Waals surface area contributed by atoms with Crippen molar-refractivity contribution in [2.75, 3.05) is 6.61 Å². The van der Waals surface area contributed by atoms with E-state index in [4.69, 9.17) is 4.74 Å².